The first-order valence-corrected chi connectivity index (χ1v) is 32.4. The van der Waals surface area contributed by atoms with Crippen molar-refractivity contribution in [3.05, 3.63) is 70.8 Å². The van der Waals surface area contributed by atoms with Crippen LogP contribution >= 0.6 is 0 Å². The maximum absolute atomic E-state index is 18.6. The van der Waals surface area contributed by atoms with Crippen molar-refractivity contribution in [1.29, 1.82) is 0 Å². The number of carbonyl (C=O) groups is 2. The summed E-state index contributed by atoms with van der Waals surface area (Å²) in [4.78, 5) is 37.2. The van der Waals surface area contributed by atoms with Crippen LogP contribution in [0.4, 0.5) is 0 Å². The second-order valence-electron chi connectivity index (χ2n) is 32.5. The fraction of sp³-hybridized carbons (Fsp3) is 0.119. The molecular weight excluding hydrogens is 1070 g/mol. The van der Waals surface area contributed by atoms with Crippen LogP contribution in [0.15, 0.2) is 48.5 Å². The molecule has 2 atom stereocenters. The highest BCUT2D eigenvalue weighted by Crippen LogP contribution is 2.79. The van der Waals surface area contributed by atoms with Gasteiger partial charge in [0.2, 0.25) is 11.8 Å². The third kappa shape index (κ3) is 2.42. The van der Waals surface area contributed by atoms with Crippen LogP contribution in [0.1, 0.15) is 85.2 Å². The summed E-state index contributed by atoms with van der Waals surface area (Å²) >= 11 is 0. The molecule has 0 spiro atoms. The van der Waals surface area contributed by atoms with Crippen LogP contribution in [0.5, 0.6) is 0 Å². The average Bonchev–Trinajstić information content (AvgIpc) is 1.40. The Labute approximate surface area is 486 Å². The highest BCUT2D eigenvalue weighted by molar-refractivity contribution is 6.82. The number of rotatable bonds is 0. The van der Waals surface area contributed by atoms with Gasteiger partial charge in [-0.3, -0.25) is 18.7 Å². The van der Waals surface area contributed by atoms with Crippen molar-refractivity contribution in [2.24, 2.45) is 0 Å². The third-order valence-corrected chi connectivity index (χ3v) is 28.4. The molecule has 31 aromatic rings. The van der Waals surface area contributed by atoms with E-state index in [-0.39, 0.29) is 22.6 Å². The van der Waals surface area contributed by atoms with Crippen molar-refractivity contribution in [3.8, 4) is 0 Å². The van der Waals surface area contributed by atoms with Gasteiger partial charge in [0, 0.05) is 226 Å². The van der Waals surface area contributed by atoms with Crippen LogP contribution in [0.3, 0.4) is 0 Å². The van der Waals surface area contributed by atoms with Crippen molar-refractivity contribution in [2.45, 2.75) is 64.2 Å². The molecule has 3 aliphatic rings. The lowest BCUT2D eigenvalue weighted by Gasteiger charge is -2.28. The van der Waals surface area contributed by atoms with Gasteiger partial charge in [0.1, 0.15) is 0 Å². The molecule has 2 unspecified atom stereocenters. The van der Waals surface area contributed by atoms with Crippen LogP contribution in [-0.4, -0.2) is 20.9 Å². The van der Waals surface area contributed by atoms with Crippen LogP contribution in [0.25, 0.3) is 324 Å². The monoisotopic (exact) mass is 1100 g/mol. The second-order valence-corrected chi connectivity index (χ2v) is 32.5. The van der Waals surface area contributed by atoms with Gasteiger partial charge in [-0.05, 0) is 121 Å². The van der Waals surface area contributed by atoms with E-state index in [2.05, 4.69) is 99.2 Å². The summed E-state index contributed by atoms with van der Waals surface area (Å²) in [6.45, 7) is 14.0. The van der Waals surface area contributed by atoms with E-state index in [4.69, 9.17) is 0 Å². The molecular formula is C84H28N2O2. The van der Waals surface area contributed by atoms with Gasteiger partial charge in [0.05, 0.1) is 33.9 Å². The highest BCUT2D eigenvalue weighted by atomic mass is 16.2. The van der Waals surface area contributed by atoms with Gasteiger partial charge in [-0.1, -0.05) is 77.9 Å². The maximum atomic E-state index is 18.6. The topological polar surface area (TPSA) is 44.0 Å². The lowest BCUT2D eigenvalue weighted by atomic mass is 9.81. The minimum absolute atomic E-state index is 0.0544. The SMILES string of the molecule is CC(C)(C)c1ccc2c3ccc4c5ccc(C(C)(C)C)cc5n5c6c7c8c9c%10c%11c%12c%13c%14c%10c%10c8c8c%15c%16c%10c%14c%10c%14c%13c%13c%17c%18c%14c%14c%10c%16c%10c%15c%15c%16c%19c%10c%14c%10c%19c%14c%19c%20c%21c%14c%16c(c%15c87)c6c%21c4c3c%20c(c%17c%19c%10%18)c(c%12%13)n(c2c1)C(=O)C%11C9C5=O. The molecule has 34 rings (SSSR count). The zero-order valence-corrected chi connectivity index (χ0v) is 47.5. The van der Waals surface area contributed by atoms with Crippen molar-refractivity contribution in [2.75, 3.05) is 0 Å². The van der Waals surface area contributed by atoms with Crippen molar-refractivity contribution < 1.29 is 9.59 Å². The Bertz CT molecular complexity index is 8480. The standard InChI is InChI=1S/C84H28N2O2/c1-83(2,3)15-7-9-17-19-11-12-20-18-10-8-16(84(4,5)6)14-22(18)86-80-74-26-24(20)23(19)25-27-28(26)30-31-29(27)56-49-39-32(31)40-34-33(39)37-35-36-38(34)46-48-42(36)44-43-41(35)47-45(37)53(49)62-65(56)73(25)79-75-67(62)58(47)60-51(43)55-52(44)61-59(48)68(63-54(46)50(40)57(30)66(63)74)76(80)70(61)72-64(55)71(69(60)75)77(78(72)82(86)88)81(87)85(79)21(17)13-15/h7-14,77-78H,1-6H3. The summed E-state index contributed by atoms with van der Waals surface area (Å²) in [5.41, 5.74) is 8.35. The largest absolute Gasteiger partial charge is 0.279 e. The highest BCUT2D eigenvalue weighted by Gasteiger charge is 2.56. The number of benzene rings is 20. The number of fused-ring (bicyclic) bond motifs is 7. The Morgan fingerprint density at radius 3 is 0.705 bits per heavy atom. The fourth-order valence-electron chi connectivity index (χ4n) is 26.6. The van der Waals surface area contributed by atoms with Gasteiger partial charge in [-0.25, -0.2) is 0 Å². The number of aromatic nitrogens is 2. The molecule has 2 aromatic heterocycles. The third-order valence-electron chi connectivity index (χ3n) is 28.4. The van der Waals surface area contributed by atoms with E-state index >= 15 is 9.59 Å². The maximum Gasteiger partial charge on any atom is 0.240 e. The van der Waals surface area contributed by atoms with Gasteiger partial charge in [0.25, 0.3) is 0 Å². The predicted molar refractivity (Wildman–Crippen MR) is 371 cm³/mol. The first-order chi connectivity index (χ1) is 43.0. The van der Waals surface area contributed by atoms with Crippen LogP contribution in [0.2, 0.25) is 0 Å². The number of hydrogen-bond donors (Lipinski definition) is 0. The minimum atomic E-state index is -0.804. The molecule has 0 amide bonds. The smallest absolute Gasteiger partial charge is 0.240 e. The number of hydrogen-bond acceptors (Lipinski definition) is 2. The molecule has 2 aliphatic heterocycles. The average molecular weight is 1100 g/mol. The van der Waals surface area contributed by atoms with E-state index in [1.165, 1.54) is 291 Å². The lowest BCUT2D eigenvalue weighted by Crippen LogP contribution is -2.30. The molecule has 0 saturated carbocycles. The van der Waals surface area contributed by atoms with Crippen LogP contribution in [0, 0.1) is 0 Å². The molecule has 0 fully saturated rings. The quantitative estimate of drug-likeness (QED) is 0.142. The van der Waals surface area contributed by atoms with Crippen molar-refractivity contribution in [1.82, 2.24) is 9.13 Å². The first-order valence-electron chi connectivity index (χ1n) is 32.4. The summed E-state index contributed by atoms with van der Waals surface area (Å²) in [6, 6.07) is 19.5. The van der Waals surface area contributed by atoms with Gasteiger partial charge < -0.3 is 0 Å². The number of carbonyl (C=O) groups excluding carboxylic acids is 2. The summed E-state index contributed by atoms with van der Waals surface area (Å²) < 4.78 is 4.71. The van der Waals surface area contributed by atoms with E-state index in [9.17, 15) is 0 Å². The zero-order chi connectivity index (χ0) is 55.1. The van der Waals surface area contributed by atoms with Crippen molar-refractivity contribution >= 4 is 336 Å². The fourth-order valence-corrected chi connectivity index (χ4v) is 26.6. The Morgan fingerprint density at radius 1 is 0.239 bits per heavy atom. The number of nitrogens with zero attached hydrogens (tertiary/aromatic N) is 2. The van der Waals surface area contributed by atoms with Crippen LogP contribution < -0.4 is 0 Å². The molecule has 4 heterocycles. The Morgan fingerprint density at radius 2 is 0.443 bits per heavy atom. The van der Waals surface area contributed by atoms with E-state index < -0.39 is 11.8 Å². The van der Waals surface area contributed by atoms with E-state index in [1.807, 2.05) is 0 Å². The summed E-state index contributed by atoms with van der Waals surface area (Å²) in [6.07, 6.45) is 0. The molecule has 386 valence electrons. The molecule has 0 saturated heterocycles. The van der Waals surface area contributed by atoms with Crippen molar-refractivity contribution in [3.63, 3.8) is 0 Å². The van der Waals surface area contributed by atoms with Gasteiger partial charge in [0.15, 0.2) is 0 Å². The summed E-state index contributed by atoms with van der Waals surface area (Å²) in [7, 11) is 0. The molecule has 4 nitrogen and oxygen atoms in total. The van der Waals surface area contributed by atoms with Gasteiger partial charge in [-0.15, -0.1) is 0 Å². The first kappa shape index (κ1) is 37.2. The molecule has 4 heteroatoms. The Balaban J connectivity index is 1.14. The van der Waals surface area contributed by atoms with Gasteiger partial charge >= 0.3 is 0 Å². The predicted octanol–water partition coefficient (Wildman–Crippen LogP) is 22.9. The van der Waals surface area contributed by atoms with Gasteiger partial charge in [-0.2, -0.15) is 0 Å². The molecule has 0 bridgehead atoms. The lowest BCUT2D eigenvalue weighted by molar-refractivity contribution is 0.0794. The molecule has 0 N–H and O–H groups in total. The van der Waals surface area contributed by atoms with E-state index in [0.29, 0.717) is 0 Å². The molecule has 0 radical (unpaired) electrons. The van der Waals surface area contributed by atoms with E-state index in [1.54, 1.807) is 10.8 Å². The summed E-state index contributed by atoms with van der Waals surface area (Å²) in [5, 5.41) is 78.9. The molecule has 1 aliphatic carbocycles. The normalized spacial score (nSPS) is 18.8. The minimum Gasteiger partial charge on any atom is -0.279 e. The Kier molecular flexibility index (Phi) is 3.84. The molecule has 88 heavy (non-hydrogen) atoms. The van der Waals surface area contributed by atoms with E-state index in [0.717, 1.165) is 44.0 Å². The summed E-state index contributed by atoms with van der Waals surface area (Å²) in [5.74, 6) is -1.50. The zero-order valence-electron chi connectivity index (χ0n) is 47.5. The molecule has 29 aromatic carbocycles. The Hall–Kier alpha value is -10.4. The second kappa shape index (κ2) is 9.07. The van der Waals surface area contributed by atoms with Crippen LogP contribution in [-0.2, 0) is 10.8 Å².